The van der Waals surface area contributed by atoms with Crippen LogP contribution in [0.4, 0.5) is 20.3 Å². The van der Waals surface area contributed by atoms with Gasteiger partial charge in [-0.15, -0.1) is 0 Å². The van der Waals surface area contributed by atoms with Gasteiger partial charge in [0.15, 0.2) is 0 Å². The van der Waals surface area contributed by atoms with Gasteiger partial charge in [0.05, 0.1) is 6.54 Å². The molecule has 0 radical (unpaired) electrons. The summed E-state index contributed by atoms with van der Waals surface area (Å²) < 4.78 is 35.4. The molecule has 1 aromatic heterocycles. The summed E-state index contributed by atoms with van der Waals surface area (Å²) in [6.07, 6.45) is 0. The molecule has 0 atom stereocenters. The molecule has 36 heavy (non-hydrogen) atoms. The summed E-state index contributed by atoms with van der Waals surface area (Å²) in [5.74, 6) is -1.95. The Kier molecular flexibility index (Phi) is 6.49. The lowest BCUT2D eigenvalue weighted by molar-refractivity contribution is 0.0953. The van der Waals surface area contributed by atoms with Crippen molar-refractivity contribution >= 4 is 17.4 Å². The van der Waals surface area contributed by atoms with E-state index in [2.05, 4.69) is 33.9 Å². The standard InChI is InChI=1S/C27H29F2N5O2/c1-16(2)33-8-10-34(11-9-33)19-5-3-17(4-6-19)20-15-21(26(30)32-25(20)29)18-13-22(28)24-23(14-18)36-12-7-31-27(24)35/h3-6,13-16H,7-12H2,1-2H3,(H2,30,32)(H,31,35). The van der Waals surface area contributed by atoms with E-state index in [9.17, 15) is 13.6 Å². The average molecular weight is 494 g/mol. The number of hydrogen-bond acceptors (Lipinski definition) is 6. The Labute approximate surface area is 208 Å². The van der Waals surface area contributed by atoms with Crippen molar-refractivity contribution in [2.45, 2.75) is 19.9 Å². The number of pyridine rings is 1. The molecule has 2 aliphatic rings. The van der Waals surface area contributed by atoms with Crippen molar-refractivity contribution in [1.29, 1.82) is 0 Å². The number of aromatic nitrogens is 1. The number of nitrogens with two attached hydrogens (primary N) is 1. The van der Waals surface area contributed by atoms with Gasteiger partial charge in [0.2, 0.25) is 5.95 Å². The molecule has 0 aliphatic carbocycles. The van der Waals surface area contributed by atoms with Gasteiger partial charge in [-0.1, -0.05) is 12.1 Å². The summed E-state index contributed by atoms with van der Waals surface area (Å²) in [7, 11) is 0. The van der Waals surface area contributed by atoms with Crippen LogP contribution in [0.1, 0.15) is 24.2 Å². The molecule has 1 amide bonds. The third kappa shape index (κ3) is 4.58. The molecule has 0 unspecified atom stereocenters. The van der Waals surface area contributed by atoms with Crippen LogP contribution in [0.25, 0.3) is 22.3 Å². The van der Waals surface area contributed by atoms with Crippen molar-refractivity contribution < 1.29 is 18.3 Å². The molecule has 1 saturated heterocycles. The molecule has 2 aliphatic heterocycles. The van der Waals surface area contributed by atoms with Crippen molar-refractivity contribution in [3.05, 3.63) is 59.8 Å². The number of carbonyl (C=O) groups is 1. The highest BCUT2D eigenvalue weighted by atomic mass is 19.1. The first-order valence-corrected chi connectivity index (χ1v) is 12.1. The molecule has 3 heterocycles. The molecule has 0 bridgehead atoms. The number of carbonyl (C=O) groups excluding carboxylic acids is 1. The van der Waals surface area contributed by atoms with E-state index in [1.807, 2.05) is 24.3 Å². The Balaban J connectivity index is 1.45. The molecule has 2 aromatic carbocycles. The number of rotatable bonds is 4. The first-order chi connectivity index (χ1) is 17.3. The van der Waals surface area contributed by atoms with Gasteiger partial charge in [-0.2, -0.15) is 4.39 Å². The number of anilines is 2. The Morgan fingerprint density at radius 1 is 1.00 bits per heavy atom. The first kappa shape index (κ1) is 24.0. The molecule has 0 spiro atoms. The van der Waals surface area contributed by atoms with Crippen molar-refractivity contribution in [1.82, 2.24) is 15.2 Å². The van der Waals surface area contributed by atoms with E-state index in [0.29, 0.717) is 22.7 Å². The number of halogens is 2. The van der Waals surface area contributed by atoms with E-state index in [1.165, 1.54) is 12.1 Å². The zero-order chi connectivity index (χ0) is 25.4. The van der Waals surface area contributed by atoms with Crippen molar-refractivity contribution in [2.75, 3.05) is 50.0 Å². The first-order valence-electron chi connectivity index (χ1n) is 12.1. The summed E-state index contributed by atoms with van der Waals surface area (Å²) in [5.41, 5.74) is 8.56. The summed E-state index contributed by atoms with van der Waals surface area (Å²) in [5, 5.41) is 2.59. The van der Waals surface area contributed by atoms with Crippen LogP contribution in [0.15, 0.2) is 42.5 Å². The van der Waals surface area contributed by atoms with Crippen LogP contribution in [0, 0.1) is 11.8 Å². The second-order valence-corrected chi connectivity index (χ2v) is 9.36. The molecule has 0 saturated carbocycles. The topological polar surface area (TPSA) is 83.7 Å². The molecule has 188 valence electrons. The summed E-state index contributed by atoms with van der Waals surface area (Å²) in [4.78, 5) is 20.8. The highest BCUT2D eigenvalue weighted by molar-refractivity contribution is 5.98. The van der Waals surface area contributed by atoms with Crippen LogP contribution in [-0.2, 0) is 0 Å². The van der Waals surface area contributed by atoms with E-state index in [4.69, 9.17) is 10.5 Å². The van der Waals surface area contributed by atoms with E-state index >= 15 is 0 Å². The Morgan fingerprint density at radius 3 is 2.42 bits per heavy atom. The second-order valence-electron chi connectivity index (χ2n) is 9.36. The number of nitrogens with one attached hydrogen (secondary N) is 1. The molecule has 9 heteroatoms. The van der Waals surface area contributed by atoms with E-state index in [0.717, 1.165) is 31.9 Å². The maximum Gasteiger partial charge on any atom is 0.258 e. The highest BCUT2D eigenvalue weighted by Crippen LogP contribution is 2.36. The summed E-state index contributed by atoms with van der Waals surface area (Å²) >= 11 is 0. The maximum absolute atomic E-state index is 14.9. The monoisotopic (exact) mass is 493 g/mol. The van der Waals surface area contributed by atoms with Crippen molar-refractivity contribution in [2.24, 2.45) is 0 Å². The van der Waals surface area contributed by atoms with Gasteiger partial charge in [0.1, 0.15) is 29.6 Å². The highest BCUT2D eigenvalue weighted by Gasteiger charge is 2.24. The number of ether oxygens (including phenoxy) is 1. The van der Waals surface area contributed by atoms with Gasteiger partial charge in [0, 0.05) is 49.0 Å². The molecule has 1 fully saturated rings. The van der Waals surface area contributed by atoms with Gasteiger partial charge >= 0.3 is 0 Å². The minimum atomic E-state index is -0.742. The molecule has 3 aromatic rings. The molecule has 3 N–H and O–H groups in total. The number of amides is 1. The summed E-state index contributed by atoms with van der Waals surface area (Å²) in [6.45, 7) is 8.77. The number of nitrogen functional groups attached to an aromatic ring is 1. The fourth-order valence-corrected chi connectivity index (χ4v) is 4.77. The van der Waals surface area contributed by atoms with Crippen molar-refractivity contribution in [3.8, 4) is 28.0 Å². The number of fused-ring (bicyclic) bond motifs is 1. The third-order valence-electron chi connectivity index (χ3n) is 6.83. The molecular weight excluding hydrogens is 464 g/mol. The zero-order valence-electron chi connectivity index (χ0n) is 20.4. The van der Waals surface area contributed by atoms with Gasteiger partial charge in [-0.3, -0.25) is 9.69 Å². The Morgan fingerprint density at radius 2 is 1.72 bits per heavy atom. The van der Waals surface area contributed by atoms with Crippen LogP contribution in [0.5, 0.6) is 5.75 Å². The second kappa shape index (κ2) is 9.73. The summed E-state index contributed by atoms with van der Waals surface area (Å²) in [6, 6.07) is 12.5. The van der Waals surface area contributed by atoms with Crippen LogP contribution in [0.2, 0.25) is 0 Å². The maximum atomic E-state index is 14.9. The number of hydrogen-bond donors (Lipinski definition) is 2. The Bertz CT molecular complexity index is 1290. The average Bonchev–Trinajstić information content (AvgIpc) is 3.05. The molecular formula is C27H29F2N5O2. The molecule has 7 nitrogen and oxygen atoms in total. The third-order valence-corrected chi connectivity index (χ3v) is 6.83. The van der Waals surface area contributed by atoms with Crippen LogP contribution in [0.3, 0.4) is 0 Å². The minimum Gasteiger partial charge on any atom is -0.491 e. The van der Waals surface area contributed by atoms with E-state index < -0.39 is 17.7 Å². The Hall–Kier alpha value is -3.72. The van der Waals surface area contributed by atoms with Crippen LogP contribution >= 0.6 is 0 Å². The van der Waals surface area contributed by atoms with Gasteiger partial charge in [-0.05, 0) is 55.3 Å². The van der Waals surface area contributed by atoms with Crippen LogP contribution in [-0.4, -0.2) is 61.2 Å². The number of nitrogens with zero attached hydrogens (tertiary/aromatic N) is 3. The van der Waals surface area contributed by atoms with Crippen molar-refractivity contribution in [3.63, 3.8) is 0 Å². The van der Waals surface area contributed by atoms with Crippen LogP contribution < -0.4 is 20.7 Å². The fraction of sp³-hybridized carbons (Fsp3) is 0.333. The number of benzene rings is 2. The van der Waals surface area contributed by atoms with Gasteiger partial charge in [-0.25, -0.2) is 9.37 Å². The fourth-order valence-electron chi connectivity index (χ4n) is 4.77. The van der Waals surface area contributed by atoms with E-state index in [1.54, 1.807) is 6.07 Å². The quantitative estimate of drug-likeness (QED) is 0.536. The lowest BCUT2D eigenvalue weighted by Crippen LogP contribution is -2.48. The lowest BCUT2D eigenvalue weighted by Gasteiger charge is -2.38. The molecule has 5 rings (SSSR count). The smallest absolute Gasteiger partial charge is 0.258 e. The minimum absolute atomic E-state index is 0.0756. The predicted octanol–water partition coefficient (Wildman–Crippen LogP) is 3.93. The van der Waals surface area contributed by atoms with E-state index in [-0.39, 0.29) is 35.8 Å². The normalized spacial score (nSPS) is 16.4. The van der Waals surface area contributed by atoms with Gasteiger partial charge in [0.25, 0.3) is 5.91 Å². The lowest BCUT2D eigenvalue weighted by atomic mass is 9.98. The predicted molar refractivity (Wildman–Crippen MR) is 136 cm³/mol. The van der Waals surface area contributed by atoms with Gasteiger partial charge < -0.3 is 20.7 Å². The number of piperazine rings is 1. The zero-order valence-corrected chi connectivity index (χ0v) is 20.4. The largest absolute Gasteiger partial charge is 0.491 e. The SMILES string of the molecule is CC(C)N1CCN(c2ccc(-c3cc(-c4cc(F)c5c(c4)OCCNC5=O)c(N)nc3F)cc2)CC1.